The predicted octanol–water partition coefficient (Wildman–Crippen LogP) is 0.863. The maximum absolute atomic E-state index is 11.3. The molecule has 0 saturated carbocycles. The van der Waals surface area contributed by atoms with Gasteiger partial charge < -0.3 is 5.73 Å². The van der Waals surface area contributed by atoms with Gasteiger partial charge >= 0.3 is 0 Å². The van der Waals surface area contributed by atoms with Gasteiger partial charge in [0.25, 0.3) is 0 Å². The lowest BCUT2D eigenvalue weighted by Gasteiger charge is -2.00. The molecule has 12 heavy (non-hydrogen) atoms. The Hall–Kier alpha value is -1.03. The minimum atomic E-state index is -3.12. The Kier molecular flexibility index (Phi) is 2.38. The van der Waals surface area contributed by atoms with Gasteiger partial charge in [0.1, 0.15) is 0 Å². The van der Waals surface area contributed by atoms with Crippen molar-refractivity contribution in [2.24, 2.45) is 0 Å². The van der Waals surface area contributed by atoms with E-state index in [2.05, 4.69) is 6.07 Å². The molecule has 0 aromatic heterocycles. The van der Waals surface area contributed by atoms with Crippen LogP contribution in [0.3, 0.4) is 0 Å². The van der Waals surface area contributed by atoms with Crippen LogP contribution in [0.25, 0.3) is 0 Å². The monoisotopic (exact) mass is 184 g/mol. The summed E-state index contributed by atoms with van der Waals surface area (Å²) in [5, 5.41) is 0. The Balaban J connectivity index is 3.21. The van der Waals surface area contributed by atoms with Crippen LogP contribution in [0.2, 0.25) is 0 Å². The molecular formula is C8H10NO2S. The number of rotatable bonds is 2. The number of nitrogen functional groups attached to an aromatic ring is 1. The van der Waals surface area contributed by atoms with Crippen molar-refractivity contribution in [3.05, 3.63) is 24.3 Å². The van der Waals surface area contributed by atoms with Crippen molar-refractivity contribution in [3.63, 3.8) is 0 Å². The Morgan fingerprint density at radius 3 is 2.75 bits per heavy atom. The first kappa shape index (κ1) is 9.06. The molecule has 0 amide bonds. The van der Waals surface area contributed by atoms with Crippen molar-refractivity contribution in [1.29, 1.82) is 0 Å². The van der Waals surface area contributed by atoms with E-state index in [0.717, 1.165) is 0 Å². The first-order chi connectivity index (χ1) is 5.56. The van der Waals surface area contributed by atoms with E-state index in [9.17, 15) is 8.42 Å². The highest BCUT2D eigenvalue weighted by molar-refractivity contribution is 7.91. The van der Waals surface area contributed by atoms with E-state index in [1.165, 1.54) is 18.2 Å². The summed E-state index contributed by atoms with van der Waals surface area (Å²) >= 11 is 0. The number of hydrogen-bond acceptors (Lipinski definition) is 3. The average molecular weight is 184 g/mol. The fourth-order valence-corrected chi connectivity index (χ4v) is 1.74. The fraction of sp³-hybridized carbons (Fsp3) is 0.250. The summed E-state index contributed by atoms with van der Waals surface area (Å²) in [6.07, 6.45) is 0. The molecule has 1 aromatic rings. The molecule has 0 heterocycles. The Morgan fingerprint density at radius 1 is 1.58 bits per heavy atom. The molecule has 1 aromatic carbocycles. The van der Waals surface area contributed by atoms with E-state index in [0.29, 0.717) is 5.69 Å². The molecule has 0 saturated heterocycles. The first-order valence-corrected chi connectivity index (χ1v) is 5.21. The second kappa shape index (κ2) is 3.15. The second-order valence-corrected chi connectivity index (χ2v) is 4.66. The zero-order valence-corrected chi connectivity index (χ0v) is 7.56. The Morgan fingerprint density at radius 2 is 2.25 bits per heavy atom. The molecule has 0 atom stereocenters. The van der Waals surface area contributed by atoms with Gasteiger partial charge in [0.05, 0.1) is 10.6 Å². The van der Waals surface area contributed by atoms with Gasteiger partial charge in [-0.1, -0.05) is 13.0 Å². The van der Waals surface area contributed by atoms with Gasteiger partial charge in [-0.15, -0.1) is 0 Å². The molecule has 0 aliphatic carbocycles. The fourth-order valence-electron chi connectivity index (χ4n) is 0.823. The highest BCUT2D eigenvalue weighted by atomic mass is 32.2. The van der Waals surface area contributed by atoms with Gasteiger partial charge in [-0.05, 0) is 12.1 Å². The Bertz CT molecular complexity index is 370. The molecule has 2 N–H and O–H groups in total. The zero-order chi connectivity index (χ0) is 9.19. The van der Waals surface area contributed by atoms with Crippen molar-refractivity contribution in [2.45, 2.75) is 11.8 Å². The molecule has 0 unspecified atom stereocenters. The topological polar surface area (TPSA) is 60.2 Å². The maximum atomic E-state index is 11.3. The van der Waals surface area contributed by atoms with E-state index >= 15 is 0 Å². The van der Waals surface area contributed by atoms with Crippen molar-refractivity contribution in [2.75, 3.05) is 11.5 Å². The van der Waals surface area contributed by atoms with Crippen molar-refractivity contribution in [1.82, 2.24) is 0 Å². The molecule has 0 aliphatic rings. The molecule has 4 heteroatoms. The van der Waals surface area contributed by atoms with Crippen LogP contribution in [0.1, 0.15) is 6.92 Å². The molecule has 3 nitrogen and oxygen atoms in total. The molecule has 0 spiro atoms. The van der Waals surface area contributed by atoms with E-state index in [1.807, 2.05) is 0 Å². The van der Waals surface area contributed by atoms with Crippen molar-refractivity contribution >= 4 is 15.5 Å². The third-order valence-corrected chi connectivity index (χ3v) is 3.27. The van der Waals surface area contributed by atoms with E-state index in [-0.39, 0.29) is 10.6 Å². The summed E-state index contributed by atoms with van der Waals surface area (Å²) in [4.78, 5) is 0.265. The third-order valence-electron chi connectivity index (χ3n) is 1.53. The van der Waals surface area contributed by atoms with Crippen LogP contribution in [0.15, 0.2) is 23.1 Å². The highest BCUT2D eigenvalue weighted by Crippen LogP contribution is 2.13. The van der Waals surface area contributed by atoms with Crippen molar-refractivity contribution in [3.8, 4) is 0 Å². The third kappa shape index (κ3) is 1.76. The predicted molar refractivity (Wildman–Crippen MR) is 47.4 cm³/mol. The van der Waals surface area contributed by atoms with Crippen LogP contribution >= 0.6 is 0 Å². The van der Waals surface area contributed by atoms with Gasteiger partial charge in [-0.25, -0.2) is 8.42 Å². The molecule has 0 aliphatic heterocycles. The van der Waals surface area contributed by atoms with E-state index < -0.39 is 9.84 Å². The number of sulfone groups is 1. The summed E-state index contributed by atoms with van der Waals surface area (Å²) < 4.78 is 22.6. The molecule has 65 valence electrons. The van der Waals surface area contributed by atoms with E-state index in [4.69, 9.17) is 5.73 Å². The number of hydrogen-bond donors (Lipinski definition) is 1. The van der Waals surface area contributed by atoms with Gasteiger partial charge in [0.15, 0.2) is 9.84 Å². The molecule has 0 bridgehead atoms. The second-order valence-electron chi connectivity index (χ2n) is 2.38. The SMILES string of the molecule is CCS(=O)(=O)c1cc[c]c(N)c1. The minimum Gasteiger partial charge on any atom is -0.398 e. The summed E-state index contributed by atoms with van der Waals surface area (Å²) in [7, 11) is -3.12. The summed E-state index contributed by atoms with van der Waals surface area (Å²) in [6.45, 7) is 1.60. The van der Waals surface area contributed by atoms with Crippen LogP contribution in [0, 0.1) is 6.07 Å². The summed E-state index contributed by atoms with van der Waals surface area (Å²) in [5.41, 5.74) is 5.74. The maximum Gasteiger partial charge on any atom is 0.178 e. The number of anilines is 1. The van der Waals surface area contributed by atoms with Crippen LogP contribution in [-0.2, 0) is 9.84 Å². The number of benzene rings is 1. The smallest absolute Gasteiger partial charge is 0.178 e. The molecule has 1 rings (SSSR count). The lowest BCUT2D eigenvalue weighted by atomic mass is 10.3. The Labute approximate surface area is 72.1 Å². The first-order valence-electron chi connectivity index (χ1n) is 3.56. The van der Waals surface area contributed by atoms with Crippen molar-refractivity contribution < 1.29 is 8.42 Å². The van der Waals surface area contributed by atoms with Gasteiger partial charge in [0, 0.05) is 11.8 Å². The minimum absolute atomic E-state index is 0.0937. The quantitative estimate of drug-likeness (QED) is 0.693. The van der Waals surface area contributed by atoms with Gasteiger partial charge in [-0.2, -0.15) is 0 Å². The molecule has 0 fully saturated rings. The standard InChI is InChI=1S/C8H10NO2S/c1-2-12(10,11)8-5-3-4-7(9)6-8/h3,5-6H,2,9H2,1H3. The summed E-state index contributed by atoms with van der Waals surface area (Å²) in [6, 6.07) is 7.10. The molecular weight excluding hydrogens is 174 g/mol. The van der Waals surface area contributed by atoms with Crippen LogP contribution < -0.4 is 5.73 Å². The molecule has 1 radical (unpaired) electrons. The lowest BCUT2D eigenvalue weighted by molar-refractivity contribution is 0.597. The van der Waals surface area contributed by atoms with Gasteiger partial charge in [-0.3, -0.25) is 0 Å². The largest absolute Gasteiger partial charge is 0.398 e. The van der Waals surface area contributed by atoms with Crippen LogP contribution in [0.4, 0.5) is 5.69 Å². The average Bonchev–Trinajstić information content (AvgIpc) is 2.05. The summed E-state index contributed by atoms with van der Waals surface area (Å²) in [5.74, 6) is 0.0937. The highest BCUT2D eigenvalue weighted by Gasteiger charge is 2.10. The lowest BCUT2D eigenvalue weighted by Crippen LogP contribution is -2.03. The van der Waals surface area contributed by atoms with E-state index in [1.54, 1.807) is 6.92 Å². The van der Waals surface area contributed by atoms with Crippen LogP contribution in [-0.4, -0.2) is 14.2 Å². The number of nitrogens with two attached hydrogens (primary N) is 1. The van der Waals surface area contributed by atoms with Crippen LogP contribution in [0.5, 0.6) is 0 Å². The van der Waals surface area contributed by atoms with Gasteiger partial charge in [0.2, 0.25) is 0 Å². The normalized spacial score (nSPS) is 11.4. The zero-order valence-electron chi connectivity index (χ0n) is 6.74.